The highest BCUT2D eigenvalue weighted by Crippen LogP contribution is 2.21. The Morgan fingerprint density at radius 1 is 1.29 bits per heavy atom. The minimum absolute atomic E-state index is 0.0341. The highest BCUT2D eigenvalue weighted by Gasteiger charge is 2.13. The summed E-state index contributed by atoms with van der Waals surface area (Å²) >= 11 is 1.01. The highest BCUT2D eigenvalue weighted by molar-refractivity contribution is 7.99. The fourth-order valence-electron chi connectivity index (χ4n) is 2.51. The van der Waals surface area contributed by atoms with Crippen LogP contribution < -0.4 is 15.6 Å². The third-order valence-electron chi connectivity index (χ3n) is 3.95. The molecule has 28 heavy (non-hydrogen) atoms. The molecule has 1 N–H and O–H groups in total. The van der Waals surface area contributed by atoms with Gasteiger partial charge in [0.15, 0.2) is 5.03 Å². The molecule has 0 unspecified atom stereocenters. The van der Waals surface area contributed by atoms with Crippen molar-refractivity contribution in [2.75, 3.05) is 18.2 Å². The van der Waals surface area contributed by atoms with Crippen LogP contribution in [-0.4, -0.2) is 28.3 Å². The Hall–Kier alpha value is -3.13. The predicted octanol–water partition coefficient (Wildman–Crippen LogP) is 3.42. The summed E-state index contributed by atoms with van der Waals surface area (Å²) in [7, 11) is 1.53. The van der Waals surface area contributed by atoms with E-state index in [1.165, 1.54) is 23.9 Å². The van der Waals surface area contributed by atoms with E-state index >= 15 is 0 Å². The summed E-state index contributed by atoms with van der Waals surface area (Å²) in [6, 6.07) is 11.6. The number of carbonyl (C=O) groups is 1. The van der Waals surface area contributed by atoms with Gasteiger partial charge in [0.05, 0.1) is 18.6 Å². The fourth-order valence-corrected chi connectivity index (χ4v) is 3.21. The SMILES string of the molecule is COc1ccccc1-n1ccnc(SCC(=O)Nc2ccc(C)c(F)c2)c1=O. The van der Waals surface area contributed by atoms with Gasteiger partial charge in [0.25, 0.3) is 5.56 Å². The van der Waals surface area contributed by atoms with E-state index in [0.29, 0.717) is 22.7 Å². The fraction of sp³-hybridized carbons (Fsp3) is 0.150. The molecule has 3 rings (SSSR count). The number of halogens is 1. The molecule has 0 aliphatic carbocycles. The van der Waals surface area contributed by atoms with Crippen molar-refractivity contribution < 1.29 is 13.9 Å². The normalized spacial score (nSPS) is 10.5. The molecular weight excluding hydrogens is 381 g/mol. The molecule has 0 aliphatic rings. The van der Waals surface area contributed by atoms with Crippen LogP contribution in [0, 0.1) is 12.7 Å². The van der Waals surface area contributed by atoms with Crippen LogP contribution >= 0.6 is 11.8 Å². The molecule has 0 saturated carbocycles. The maximum absolute atomic E-state index is 13.6. The van der Waals surface area contributed by atoms with Crippen molar-refractivity contribution in [2.24, 2.45) is 0 Å². The minimum Gasteiger partial charge on any atom is -0.495 e. The van der Waals surface area contributed by atoms with Gasteiger partial charge in [-0.3, -0.25) is 14.2 Å². The Balaban J connectivity index is 1.74. The molecule has 2 aromatic carbocycles. The molecule has 0 saturated heterocycles. The zero-order chi connectivity index (χ0) is 20.1. The van der Waals surface area contributed by atoms with E-state index in [0.717, 1.165) is 11.8 Å². The molecule has 8 heteroatoms. The van der Waals surface area contributed by atoms with Crippen molar-refractivity contribution in [2.45, 2.75) is 11.9 Å². The lowest BCUT2D eigenvalue weighted by Crippen LogP contribution is -2.22. The molecule has 1 heterocycles. The maximum atomic E-state index is 13.6. The molecule has 0 spiro atoms. The van der Waals surface area contributed by atoms with Crippen LogP contribution in [-0.2, 0) is 4.79 Å². The van der Waals surface area contributed by atoms with Crippen LogP contribution in [0.3, 0.4) is 0 Å². The molecule has 0 bridgehead atoms. The number of thioether (sulfide) groups is 1. The van der Waals surface area contributed by atoms with E-state index in [1.807, 2.05) is 6.07 Å². The molecular formula is C20H18FN3O3S. The summed E-state index contributed by atoms with van der Waals surface area (Å²) in [5.74, 6) is -0.240. The number of para-hydroxylation sites is 2. The van der Waals surface area contributed by atoms with Gasteiger partial charge >= 0.3 is 0 Å². The van der Waals surface area contributed by atoms with Gasteiger partial charge in [-0.15, -0.1) is 0 Å². The average Bonchev–Trinajstić information content (AvgIpc) is 2.70. The monoisotopic (exact) mass is 399 g/mol. The number of amides is 1. The number of benzene rings is 2. The first kappa shape index (κ1) is 19.6. The molecule has 0 fully saturated rings. The van der Waals surface area contributed by atoms with E-state index in [9.17, 15) is 14.0 Å². The van der Waals surface area contributed by atoms with Crippen molar-refractivity contribution in [1.29, 1.82) is 0 Å². The number of rotatable bonds is 6. The van der Waals surface area contributed by atoms with Gasteiger partial charge in [-0.1, -0.05) is 30.0 Å². The molecule has 6 nitrogen and oxygen atoms in total. The lowest BCUT2D eigenvalue weighted by atomic mass is 10.2. The van der Waals surface area contributed by atoms with E-state index in [1.54, 1.807) is 43.5 Å². The Morgan fingerprint density at radius 3 is 2.82 bits per heavy atom. The smallest absolute Gasteiger partial charge is 0.287 e. The van der Waals surface area contributed by atoms with Crippen LogP contribution in [0.2, 0.25) is 0 Å². The molecule has 144 valence electrons. The zero-order valence-electron chi connectivity index (χ0n) is 15.3. The summed E-state index contributed by atoms with van der Waals surface area (Å²) in [4.78, 5) is 28.9. The van der Waals surface area contributed by atoms with E-state index < -0.39 is 5.82 Å². The first-order chi connectivity index (χ1) is 13.5. The maximum Gasteiger partial charge on any atom is 0.287 e. The first-order valence-electron chi connectivity index (χ1n) is 8.39. The summed E-state index contributed by atoms with van der Waals surface area (Å²) in [5.41, 5.74) is 1.09. The third kappa shape index (κ3) is 4.40. The second-order valence-electron chi connectivity index (χ2n) is 5.88. The largest absolute Gasteiger partial charge is 0.495 e. The quantitative estimate of drug-likeness (QED) is 0.643. The van der Waals surface area contributed by atoms with E-state index in [-0.39, 0.29) is 22.2 Å². The lowest BCUT2D eigenvalue weighted by Gasteiger charge is -2.11. The van der Waals surface area contributed by atoms with Crippen molar-refractivity contribution >= 4 is 23.4 Å². The van der Waals surface area contributed by atoms with Gasteiger partial charge in [-0.25, -0.2) is 9.37 Å². The number of anilines is 1. The molecule has 0 radical (unpaired) electrons. The number of carbonyl (C=O) groups excluding carboxylic acids is 1. The Labute approximate surface area is 165 Å². The highest BCUT2D eigenvalue weighted by atomic mass is 32.2. The van der Waals surface area contributed by atoms with Crippen molar-refractivity contribution in [3.63, 3.8) is 0 Å². The topological polar surface area (TPSA) is 73.2 Å². The molecule has 0 aliphatic heterocycles. The summed E-state index contributed by atoms with van der Waals surface area (Å²) in [5, 5.41) is 2.79. The van der Waals surface area contributed by atoms with Crippen molar-refractivity contribution in [3.05, 3.63) is 76.6 Å². The Bertz CT molecular complexity index is 1070. The second kappa shape index (κ2) is 8.71. The van der Waals surface area contributed by atoms with E-state index in [4.69, 9.17) is 4.74 Å². The standard InChI is InChI=1S/C20H18FN3O3S/c1-13-7-8-14(11-15(13)21)23-18(25)12-28-19-20(26)24(10-9-22-19)16-5-3-4-6-17(16)27-2/h3-11H,12H2,1-2H3,(H,23,25). The molecule has 1 aromatic heterocycles. The van der Waals surface area contributed by atoms with Crippen LogP contribution in [0.5, 0.6) is 5.75 Å². The second-order valence-corrected chi connectivity index (χ2v) is 6.84. The van der Waals surface area contributed by atoms with Gasteiger partial charge < -0.3 is 10.1 Å². The Kier molecular flexibility index (Phi) is 6.10. The number of hydrogen-bond donors (Lipinski definition) is 1. The minimum atomic E-state index is -0.394. The summed E-state index contributed by atoms with van der Waals surface area (Å²) in [6.45, 7) is 1.64. The van der Waals surface area contributed by atoms with Crippen LogP contribution in [0.15, 0.2) is 64.7 Å². The number of nitrogens with one attached hydrogen (secondary N) is 1. The van der Waals surface area contributed by atoms with Gasteiger partial charge in [0, 0.05) is 18.1 Å². The summed E-state index contributed by atoms with van der Waals surface area (Å²) < 4.78 is 20.3. The Morgan fingerprint density at radius 2 is 2.07 bits per heavy atom. The molecule has 3 aromatic rings. The number of hydrogen-bond acceptors (Lipinski definition) is 5. The zero-order valence-corrected chi connectivity index (χ0v) is 16.1. The van der Waals surface area contributed by atoms with Crippen LogP contribution in [0.4, 0.5) is 10.1 Å². The number of nitrogens with zero attached hydrogens (tertiary/aromatic N) is 2. The van der Waals surface area contributed by atoms with Crippen molar-refractivity contribution in [1.82, 2.24) is 9.55 Å². The first-order valence-corrected chi connectivity index (χ1v) is 9.38. The van der Waals surface area contributed by atoms with Crippen molar-refractivity contribution in [3.8, 4) is 11.4 Å². The predicted molar refractivity (Wildman–Crippen MR) is 107 cm³/mol. The van der Waals surface area contributed by atoms with Gasteiger partial charge in [-0.2, -0.15) is 0 Å². The number of aryl methyl sites for hydroxylation is 1. The molecule has 0 atom stereocenters. The summed E-state index contributed by atoms with van der Waals surface area (Å²) in [6.07, 6.45) is 3.03. The third-order valence-corrected chi connectivity index (χ3v) is 4.91. The molecule has 1 amide bonds. The van der Waals surface area contributed by atoms with Crippen LogP contribution in [0.25, 0.3) is 5.69 Å². The van der Waals surface area contributed by atoms with Gasteiger partial charge in [-0.05, 0) is 36.8 Å². The lowest BCUT2D eigenvalue weighted by molar-refractivity contribution is -0.113. The number of methoxy groups -OCH3 is 1. The number of aromatic nitrogens is 2. The number of ether oxygens (including phenoxy) is 1. The average molecular weight is 399 g/mol. The van der Waals surface area contributed by atoms with Crippen LogP contribution in [0.1, 0.15) is 5.56 Å². The van der Waals surface area contributed by atoms with Gasteiger partial charge in [0.1, 0.15) is 11.6 Å². The van der Waals surface area contributed by atoms with Gasteiger partial charge in [0.2, 0.25) is 5.91 Å². The van der Waals surface area contributed by atoms with E-state index in [2.05, 4.69) is 10.3 Å².